The summed E-state index contributed by atoms with van der Waals surface area (Å²) in [7, 11) is 0. The summed E-state index contributed by atoms with van der Waals surface area (Å²) in [5.74, 6) is 0.696. The third kappa shape index (κ3) is 2.49. The summed E-state index contributed by atoms with van der Waals surface area (Å²) in [6, 6.07) is 5.42. The van der Waals surface area contributed by atoms with E-state index in [4.69, 9.17) is 5.73 Å². The molecule has 3 nitrogen and oxygen atoms in total. The molecule has 1 aromatic rings. The second kappa shape index (κ2) is 3.93. The monoisotopic (exact) mass is 204 g/mol. The molecule has 3 N–H and O–H groups in total. The average Bonchev–Trinajstić information content (AvgIpc) is 3.02. The van der Waals surface area contributed by atoms with E-state index in [0.29, 0.717) is 17.2 Å². The van der Waals surface area contributed by atoms with Gasteiger partial charge in [-0.25, -0.2) is 0 Å². The fourth-order valence-electron chi connectivity index (χ4n) is 1.54. The molecule has 0 aliphatic heterocycles. The highest BCUT2D eigenvalue weighted by atomic mass is 16.1. The van der Waals surface area contributed by atoms with Crippen molar-refractivity contribution >= 4 is 11.6 Å². The van der Waals surface area contributed by atoms with E-state index in [2.05, 4.69) is 5.32 Å². The first-order valence-electron chi connectivity index (χ1n) is 5.31. The molecule has 1 aliphatic rings. The van der Waals surface area contributed by atoms with Crippen LogP contribution in [0.15, 0.2) is 18.2 Å². The number of nitrogens with one attached hydrogen (secondary N) is 1. The van der Waals surface area contributed by atoms with Gasteiger partial charge in [0.2, 0.25) is 0 Å². The summed E-state index contributed by atoms with van der Waals surface area (Å²) in [5.41, 5.74) is 7.95. The Labute approximate surface area is 89.7 Å². The van der Waals surface area contributed by atoms with Crippen molar-refractivity contribution in [3.05, 3.63) is 29.3 Å². The largest absolute Gasteiger partial charge is 0.399 e. The van der Waals surface area contributed by atoms with Gasteiger partial charge in [-0.2, -0.15) is 0 Å². The van der Waals surface area contributed by atoms with Crippen molar-refractivity contribution in [2.24, 2.45) is 5.92 Å². The van der Waals surface area contributed by atoms with E-state index in [0.717, 1.165) is 12.1 Å². The van der Waals surface area contributed by atoms with Crippen LogP contribution in [0.25, 0.3) is 0 Å². The average molecular weight is 204 g/mol. The van der Waals surface area contributed by atoms with Crippen LogP contribution in [0.3, 0.4) is 0 Å². The molecular weight excluding hydrogens is 188 g/mol. The summed E-state index contributed by atoms with van der Waals surface area (Å²) in [5, 5.41) is 2.93. The first kappa shape index (κ1) is 10.0. The quantitative estimate of drug-likeness (QED) is 0.736. The number of hydrogen-bond donors (Lipinski definition) is 2. The Hall–Kier alpha value is -1.51. The van der Waals surface area contributed by atoms with Crippen LogP contribution in [0, 0.1) is 12.8 Å². The van der Waals surface area contributed by atoms with E-state index >= 15 is 0 Å². The van der Waals surface area contributed by atoms with E-state index < -0.39 is 0 Å². The molecule has 0 unspecified atom stereocenters. The lowest BCUT2D eigenvalue weighted by Crippen LogP contribution is -2.26. The van der Waals surface area contributed by atoms with Gasteiger partial charge in [0.1, 0.15) is 0 Å². The third-order valence-electron chi connectivity index (χ3n) is 2.75. The smallest absolute Gasteiger partial charge is 0.251 e. The highest BCUT2D eigenvalue weighted by Gasteiger charge is 2.22. The summed E-state index contributed by atoms with van der Waals surface area (Å²) >= 11 is 0. The number of nitrogen functional groups attached to an aromatic ring is 1. The molecule has 0 atom stereocenters. The van der Waals surface area contributed by atoms with Crippen LogP contribution in [0.2, 0.25) is 0 Å². The Morgan fingerprint density at radius 1 is 1.53 bits per heavy atom. The highest BCUT2D eigenvalue weighted by molar-refractivity contribution is 5.96. The van der Waals surface area contributed by atoms with Gasteiger partial charge < -0.3 is 11.1 Å². The number of aryl methyl sites for hydroxylation is 1. The molecule has 1 amide bonds. The third-order valence-corrected chi connectivity index (χ3v) is 2.75. The van der Waals surface area contributed by atoms with Crippen LogP contribution >= 0.6 is 0 Å². The fraction of sp³-hybridized carbons (Fsp3) is 0.417. The fourth-order valence-corrected chi connectivity index (χ4v) is 1.54. The van der Waals surface area contributed by atoms with Crippen molar-refractivity contribution in [2.75, 3.05) is 12.3 Å². The maximum atomic E-state index is 11.8. The number of carbonyl (C=O) groups is 1. The number of benzene rings is 1. The lowest BCUT2D eigenvalue weighted by molar-refractivity contribution is 0.0951. The van der Waals surface area contributed by atoms with Gasteiger partial charge in [0.15, 0.2) is 0 Å². The predicted octanol–water partition coefficient (Wildman–Crippen LogP) is 1.72. The number of carbonyl (C=O) groups excluding carboxylic acids is 1. The van der Waals surface area contributed by atoms with Crippen molar-refractivity contribution in [2.45, 2.75) is 19.8 Å². The molecule has 1 aromatic carbocycles. The molecule has 1 fully saturated rings. The maximum Gasteiger partial charge on any atom is 0.251 e. The zero-order valence-electron chi connectivity index (χ0n) is 8.92. The lowest BCUT2D eigenvalue weighted by atomic mass is 10.1. The van der Waals surface area contributed by atoms with Gasteiger partial charge in [0, 0.05) is 17.8 Å². The van der Waals surface area contributed by atoms with Crippen molar-refractivity contribution in [3.63, 3.8) is 0 Å². The molecule has 1 aliphatic carbocycles. The summed E-state index contributed by atoms with van der Waals surface area (Å²) in [6.07, 6.45) is 2.49. The van der Waals surface area contributed by atoms with Gasteiger partial charge in [-0.1, -0.05) is 6.07 Å². The Kier molecular flexibility index (Phi) is 2.62. The molecule has 0 aromatic heterocycles. The first-order valence-corrected chi connectivity index (χ1v) is 5.31. The van der Waals surface area contributed by atoms with Crippen LogP contribution < -0.4 is 11.1 Å². The van der Waals surface area contributed by atoms with Crippen LogP contribution in [-0.2, 0) is 0 Å². The first-order chi connectivity index (χ1) is 7.16. The molecule has 0 radical (unpaired) electrons. The Morgan fingerprint density at radius 3 is 2.93 bits per heavy atom. The summed E-state index contributed by atoms with van der Waals surface area (Å²) in [6.45, 7) is 2.72. The van der Waals surface area contributed by atoms with Crippen molar-refractivity contribution in [1.29, 1.82) is 0 Å². The Morgan fingerprint density at radius 2 is 2.27 bits per heavy atom. The Balaban J connectivity index is 2.05. The van der Waals surface area contributed by atoms with Gasteiger partial charge in [0.25, 0.3) is 5.91 Å². The lowest BCUT2D eigenvalue weighted by Gasteiger charge is -2.07. The van der Waals surface area contributed by atoms with Crippen LogP contribution in [-0.4, -0.2) is 12.5 Å². The van der Waals surface area contributed by atoms with E-state index in [-0.39, 0.29) is 5.91 Å². The highest BCUT2D eigenvalue weighted by Crippen LogP contribution is 2.27. The van der Waals surface area contributed by atoms with Crippen LogP contribution in [0.5, 0.6) is 0 Å². The van der Waals surface area contributed by atoms with Crippen LogP contribution in [0.4, 0.5) is 5.69 Å². The maximum absolute atomic E-state index is 11.8. The van der Waals surface area contributed by atoms with E-state index in [1.807, 2.05) is 19.1 Å². The van der Waals surface area contributed by atoms with Gasteiger partial charge >= 0.3 is 0 Å². The minimum Gasteiger partial charge on any atom is -0.399 e. The van der Waals surface area contributed by atoms with Gasteiger partial charge in [-0.3, -0.25) is 4.79 Å². The number of nitrogens with two attached hydrogens (primary N) is 1. The molecule has 80 valence electrons. The molecule has 1 saturated carbocycles. The summed E-state index contributed by atoms with van der Waals surface area (Å²) < 4.78 is 0. The minimum absolute atomic E-state index is 0.00769. The molecule has 15 heavy (non-hydrogen) atoms. The topological polar surface area (TPSA) is 55.1 Å². The summed E-state index contributed by atoms with van der Waals surface area (Å²) in [4.78, 5) is 11.8. The van der Waals surface area contributed by atoms with E-state index in [1.165, 1.54) is 12.8 Å². The zero-order valence-corrected chi connectivity index (χ0v) is 8.92. The van der Waals surface area contributed by atoms with Crippen LogP contribution in [0.1, 0.15) is 28.8 Å². The zero-order chi connectivity index (χ0) is 10.8. The SMILES string of the molecule is Cc1ccc(N)cc1C(=O)NCC1CC1. The van der Waals surface area contributed by atoms with Gasteiger partial charge in [0.05, 0.1) is 0 Å². The normalized spacial score (nSPS) is 15.0. The molecule has 3 heteroatoms. The minimum atomic E-state index is -0.00769. The molecule has 0 saturated heterocycles. The van der Waals surface area contributed by atoms with Gasteiger partial charge in [-0.15, -0.1) is 0 Å². The van der Waals surface area contributed by atoms with Crippen molar-refractivity contribution in [3.8, 4) is 0 Å². The number of amides is 1. The standard InChI is InChI=1S/C12H16N2O/c1-8-2-5-10(13)6-11(8)12(15)14-7-9-3-4-9/h2,5-6,9H,3-4,7,13H2,1H3,(H,14,15). The Bertz CT molecular complexity index is 383. The predicted molar refractivity (Wildman–Crippen MR) is 60.6 cm³/mol. The molecular formula is C12H16N2O. The van der Waals surface area contributed by atoms with E-state index in [1.54, 1.807) is 6.07 Å². The number of anilines is 1. The molecule has 0 spiro atoms. The van der Waals surface area contributed by atoms with Gasteiger partial charge in [-0.05, 0) is 43.4 Å². The molecule has 2 rings (SSSR count). The number of hydrogen-bond acceptors (Lipinski definition) is 2. The second-order valence-corrected chi connectivity index (χ2v) is 4.23. The second-order valence-electron chi connectivity index (χ2n) is 4.23. The van der Waals surface area contributed by atoms with Crippen molar-refractivity contribution in [1.82, 2.24) is 5.32 Å². The van der Waals surface area contributed by atoms with E-state index in [9.17, 15) is 4.79 Å². The molecule has 0 bridgehead atoms. The van der Waals surface area contributed by atoms with Crippen molar-refractivity contribution < 1.29 is 4.79 Å². The number of rotatable bonds is 3. The molecule has 0 heterocycles.